The Hall–Kier alpha value is -0.820. The van der Waals surface area contributed by atoms with Gasteiger partial charge < -0.3 is 5.32 Å². The molecule has 1 heterocycles. The van der Waals surface area contributed by atoms with Crippen LogP contribution in [-0.4, -0.2) is 12.6 Å². The van der Waals surface area contributed by atoms with Crippen molar-refractivity contribution in [2.24, 2.45) is 0 Å². The van der Waals surface area contributed by atoms with Gasteiger partial charge >= 0.3 is 0 Å². The molecule has 0 radical (unpaired) electrons. The second-order valence-corrected chi connectivity index (χ2v) is 6.45. The lowest BCUT2D eigenvalue weighted by atomic mass is 9.83. The third-order valence-electron chi connectivity index (χ3n) is 3.87. The van der Waals surface area contributed by atoms with Crippen molar-refractivity contribution in [3.8, 4) is 0 Å². The van der Waals surface area contributed by atoms with Crippen molar-refractivity contribution < 1.29 is 0 Å². The molecule has 1 heteroatoms. The Kier molecular flexibility index (Phi) is 3.58. The van der Waals surface area contributed by atoms with E-state index in [0.717, 1.165) is 12.5 Å². The summed E-state index contributed by atoms with van der Waals surface area (Å²) in [5, 5.41) is 3.52. The normalized spacial score (nSPS) is 25.9. The average Bonchev–Trinajstić information content (AvgIpc) is 2.28. The van der Waals surface area contributed by atoms with E-state index in [1.807, 2.05) is 0 Å². The molecule has 1 fully saturated rings. The fourth-order valence-electron chi connectivity index (χ4n) is 2.69. The molecule has 1 aliphatic rings. The lowest BCUT2D eigenvalue weighted by molar-refractivity contribution is 0.381. The van der Waals surface area contributed by atoms with Crippen molar-refractivity contribution in [1.82, 2.24) is 5.32 Å². The van der Waals surface area contributed by atoms with Gasteiger partial charge in [-0.25, -0.2) is 0 Å². The number of piperidine rings is 1. The van der Waals surface area contributed by atoms with Gasteiger partial charge in [-0.1, -0.05) is 45.0 Å². The standard InChI is InChI=1S/C16H25N/c1-12-11-14(9-10-17-12)13-5-7-15(8-6-13)16(2,3)4/h5-8,12,14,17H,9-11H2,1-4H3/t12-,14+/m0/s1. The fourth-order valence-corrected chi connectivity index (χ4v) is 2.69. The van der Waals surface area contributed by atoms with Gasteiger partial charge in [-0.3, -0.25) is 0 Å². The summed E-state index contributed by atoms with van der Waals surface area (Å²) in [7, 11) is 0. The molecule has 0 aliphatic carbocycles. The minimum absolute atomic E-state index is 0.264. The second-order valence-electron chi connectivity index (χ2n) is 6.45. The van der Waals surface area contributed by atoms with Crippen LogP contribution in [0.1, 0.15) is 57.6 Å². The Morgan fingerprint density at radius 3 is 2.29 bits per heavy atom. The smallest absolute Gasteiger partial charge is 0.00445 e. The summed E-state index contributed by atoms with van der Waals surface area (Å²) >= 11 is 0. The summed E-state index contributed by atoms with van der Waals surface area (Å²) in [6, 6.07) is 9.95. The highest BCUT2D eigenvalue weighted by Gasteiger charge is 2.20. The van der Waals surface area contributed by atoms with Crippen molar-refractivity contribution in [2.75, 3.05) is 6.54 Å². The van der Waals surface area contributed by atoms with Gasteiger partial charge in [-0.15, -0.1) is 0 Å². The number of nitrogens with one attached hydrogen (secondary N) is 1. The Morgan fingerprint density at radius 1 is 1.12 bits per heavy atom. The summed E-state index contributed by atoms with van der Waals surface area (Å²) in [6.45, 7) is 10.3. The predicted octanol–water partition coefficient (Wildman–Crippen LogP) is 3.84. The first kappa shape index (κ1) is 12.6. The van der Waals surface area contributed by atoms with Crippen molar-refractivity contribution in [3.05, 3.63) is 35.4 Å². The van der Waals surface area contributed by atoms with Crippen molar-refractivity contribution in [1.29, 1.82) is 0 Å². The molecule has 94 valence electrons. The second kappa shape index (κ2) is 4.81. The maximum absolute atomic E-state index is 3.52. The van der Waals surface area contributed by atoms with Crippen LogP contribution < -0.4 is 5.32 Å². The van der Waals surface area contributed by atoms with E-state index in [1.165, 1.54) is 24.0 Å². The highest BCUT2D eigenvalue weighted by Crippen LogP contribution is 2.29. The van der Waals surface area contributed by atoms with Crippen LogP contribution in [0.15, 0.2) is 24.3 Å². The summed E-state index contributed by atoms with van der Waals surface area (Å²) < 4.78 is 0. The van der Waals surface area contributed by atoms with Gasteiger partial charge in [0.25, 0.3) is 0 Å². The van der Waals surface area contributed by atoms with Gasteiger partial charge in [-0.05, 0) is 48.8 Å². The van der Waals surface area contributed by atoms with Crippen molar-refractivity contribution in [3.63, 3.8) is 0 Å². The number of benzene rings is 1. The Bertz CT molecular complexity index is 358. The highest BCUT2D eigenvalue weighted by atomic mass is 14.9. The molecule has 0 bridgehead atoms. The molecular weight excluding hydrogens is 206 g/mol. The molecule has 1 aromatic rings. The number of hydrogen-bond donors (Lipinski definition) is 1. The summed E-state index contributed by atoms with van der Waals surface area (Å²) in [6.07, 6.45) is 2.55. The van der Waals surface area contributed by atoms with Crippen LogP contribution in [0.25, 0.3) is 0 Å². The SMILES string of the molecule is C[C@H]1C[C@H](c2ccc(C(C)(C)C)cc2)CCN1. The van der Waals surface area contributed by atoms with E-state index in [4.69, 9.17) is 0 Å². The average molecular weight is 231 g/mol. The maximum atomic E-state index is 3.52. The van der Waals surface area contributed by atoms with Gasteiger partial charge in [0.05, 0.1) is 0 Å². The third-order valence-corrected chi connectivity index (χ3v) is 3.87. The lowest BCUT2D eigenvalue weighted by Gasteiger charge is -2.29. The van der Waals surface area contributed by atoms with Crippen LogP contribution in [0.2, 0.25) is 0 Å². The van der Waals surface area contributed by atoms with E-state index >= 15 is 0 Å². The predicted molar refractivity (Wildman–Crippen MR) is 74.6 cm³/mol. The highest BCUT2D eigenvalue weighted by molar-refractivity contribution is 5.29. The van der Waals surface area contributed by atoms with Gasteiger partial charge in [0.2, 0.25) is 0 Å². The van der Waals surface area contributed by atoms with Gasteiger partial charge in [0.15, 0.2) is 0 Å². The van der Waals surface area contributed by atoms with Crippen molar-refractivity contribution in [2.45, 2.75) is 57.9 Å². The molecule has 1 aromatic carbocycles. The molecule has 0 amide bonds. The third kappa shape index (κ3) is 3.10. The zero-order valence-corrected chi connectivity index (χ0v) is 11.6. The fraction of sp³-hybridized carbons (Fsp3) is 0.625. The molecule has 0 saturated carbocycles. The van der Waals surface area contributed by atoms with E-state index in [-0.39, 0.29) is 5.41 Å². The van der Waals surface area contributed by atoms with Gasteiger partial charge in [0, 0.05) is 6.04 Å². The Morgan fingerprint density at radius 2 is 1.76 bits per heavy atom. The molecule has 1 aliphatic heterocycles. The summed E-state index contributed by atoms with van der Waals surface area (Å²) in [5.41, 5.74) is 3.22. The van der Waals surface area contributed by atoms with E-state index in [9.17, 15) is 0 Å². The molecule has 2 atom stereocenters. The lowest BCUT2D eigenvalue weighted by Crippen LogP contribution is -2.34. The minimum Gasteiger partial charge on any atom is -0.314 e. The summed E-state index contributed by atoms with van der Waals surface area (Å²) in [5.74, 6) is 0.750. The first-order chi connectivity index (χ1) is 7.97. The van der Waals surface area contributed by atoms with Crippen molar-refractivity contribution >= 4 is 0 Å². The topological polar surface area (TPSA) is 12.0 Å². The molecule has 0 unspecified atom stereocenters. The maximum Gasteiger partial charge on any atom is 0.00445 e. The molecule has 1 N–H and O–H groups in total. The van der Waals surface area contributed by atoms with Crippen LogP contribution in [0.4, 0.5) is 0 Å². The molecule has 0 aromatic heterocycles. The van der Waals surface area contributed by atoms with E-state index in [2.05, 4.69) is 57.3 Å². The molecule has 17 heavy (non-hydrogen) atoms. The minimum atomic E-state index is 0.264. The quantitative estimate of drug-likeness (QED) is 0.774. The monoisotopic (exact) mass is 231 g/mol. The van der Waals surface area contributed by atoms with Crippen LogP contribution in [-0.2, 0) is 5.41 Å². The zero-order valence-electron chi connectivity index (χ0n) is 11.6. The molecule has 1 nitrogen and oxygen atoms in total. The van der Waals surface area contributed by atoms with E-state index in [1.54, 1.807) is 0 Å². The first-order valence-electron chi connectivity index (χ1n) is 6.80. The number of rotatable bonds is 1. The van der Waals surface area contributed by atoms with Crippen LogP contribution in [0.3, 0.4) is 0 Å². The molecule has 1 saturated heterocycles. The van der Waals surface area contributed by atoms with E-state index in [0.29, 0.717) is 6.04 Å². The van der Waals surface area contributed by atoms with Gasteiger partial charge in [0.1, 0.15) is 0 Å². The molecular formula is C16H25N. The Labute approximate surface area is 106 Å². The Balaban J connectivity index is 2.12. The summed E-state index contributed by atoms with van der Waals surface area (Å²) in [4.78, 5) is 0. The number of hydrogen-bond acceptors (Lipinski definition) is 1. The largest absolute Gasteiger partial charge is 0.314 e. The van der Waals surface area contributed by atoms with Crippen LogP contribution in [0, 0.1) is 0 Å². The molecule has 0 spiro atoms. The first-order valence-corrected chi connectivity index (χ1v) is 6.80. The van der Waals surface area contributed by atoms with Crippen LogP contribution >= 0.6 is 0 Å². The zero-order chi connectivity index (χ0) is 12.5. The molecule has 2 rings (SSSR count). The van der Waals surface area contributed by atoms with Crippen LogP contribution in [0.5, 0.6) is 0 Å². The van der Waals surface area contributed by atoms with E-state index < -0.39 is 0 Å². The van der Waals surface area contributed by atoms with Gasteiger partial charge in [-0.2, -0.15) is 0 Å².